The fourth-order valence-electron chi connectivity index (χ4n) is 6.51. The molecular weight excluding hydrogens is 560 g/mol. The van der Waals surface area contributed by atoms with Gasteiger partial charge in [0.2, 0.25) is 5.78 Å². The largest absolute Gasteiger partial charge is 0.510 e. The molecule has 216 valence electrons. The van der Waals surface area contributed by atoms with Gasteiger partial charge in [-0.2, -0.15) is 0 Å². The number of rotatable bonds is 5. The quantitative estimate of drug-likeness (QED) is 0.191. The molecule has 1 heterocycles. The summed E-state index contributed by atoms with van der Waals surface area (Å²) in [5.74, 6) is -6.83. The summed E-state index contributed by atoms with van der Waals surface area (Å²) in [6, 6.07) is 11.9. The lowest BCUT2D eigenvalue weighted by atomic mass is 9.58. The first-order valence-corrected chi connectivity index (χ1v) is 14.1. The number of hydrogen-bond acceptors (Lipinski definition) is 11. The smallest absolute Gasteiger partial charge is 0.255 e. The number of Topliss-reactive ketones (excluding diaryl/α,β-unsaturated/α-hetero) is 2. The summed E-state index contributed by atoms with van der Waals surface area (Å²) in [6.45, 7) is 0. The van der Waals surface area contributed by atoms with E-state index in [2.05, 4.69) is 10.3 Å². The molecule has 1 amide bonds. The number of nitrogens with two attached hydrogens (primary N) is 1. The first kappa shape index (κ1) is 27.6. The number of thiazole rings is 1. The van der Waals surface area contributed by atoms with Crippen LogP contribution in [0.25, 0.3) is 11.3 Å². The maximum atomic E-state index is 13.9. The average molecular weight is 589 g/mol. The Hall–Kier alpha value is -4.52. The zero-order valence-corrected chi connectivity index (χ0v) is 23.5. The van der Waals surface area contributed by atoms with Gasteiger partial charge in [0.25, 0.3) is 5.91 Å². The standard InChI is InChI=1S/C30H28N4O7S/c1-34(2)22-16-11-15-10-14-8-9-17(32-29-33-18(12-42-29)13-6-4-3-5-7-13)23(35)19(14)24(36)20(15)26(38)30(16,41)27(39)21(25(22)37)28(31)40/h3-9,12,15-16,22,35,37-38,41H,10-11H2,1-2H3,(H2,31,40)(H,32,33)/t15-,16-,22+,30+/m0/s1. The molecule has 0 radical (unpaired) electrons. The zero-order valence-electron chi connectivity index (χ0n) is 22.7. The number of hydrogen-bond donors (Lipinski definition) is 6. The maximum absolute atomic E-state index is 13.9. The number of likely N-dealkylation sites (N-methyl/N-ethyl adjacent to an activating group) is 1. The van der Waals surface area contributed by atoms with E-state index in [1.807, 2.05) is 35.7 Å². The molecule has 6 rings (SSSR count). The van der Waals surface area contributed by atoms with Gasteiger partial charge in [-0.3, -0.25) is 19.3 Å². The molecule has 0 fully saturated rings. The average Bonchev–Trinajstić information content (AvgIpc) is 3.41. The van der Waals surface area contributed by atoms with Crippen molar-refractivity contribution >= 4 is 39.6 Å². The summed E-state index contributed by atoms with van der Waals surface area (Å²) in [6.07, 6.45) is 0.256. The van der Waals surface area contributed by atoms with Crippen LogP contribution in [0.5, 0.6) is 5.75 Å². The Morgan fingerprint density at radius 2 is 1.83 bits per heavy atom. The number of carbonyl (C=O) groups is 3. The number of aromatic nitrogens is 1. The lowest BCUT2D eigenvalue weighted by Crippen LogP contribution is -2.63. The molecule has 12 heteroatoms. The Kier molecular flexibility index (Phi) is 6.44. The number of anilines is 2. The van der Waals surface area contributed by atoms with E-state index in [1.54, 1.807) is 26.2 Å². The number of nitrogens with zero attached hydrogens (tertiary/aromatic N) is 2. The fraction of sp³-hybridized carbons (Fsp3) is 0.267. The number of fused-ring (bicyclic) bond motifs is 3. The van der Waals surface area contributed by atoms with Crippen molar-refractivity contribution in [2.24, 2.45) is 17.6 Å². The predicted molar refractivity (Wildman–Crippen MR) is 155 cm³/mol. The Balaban J connectivity index is 1.40. The molecule has 0 bridgehead atoms. The molecule has 0 spiro atoms. The summed E-state index contributed by atoms with van der Waals surface area (Å²) < 4.78 is 0. The lowest BCUT2D eigenvalue weighted by molar-refractivity contribution is -0.148. The van der Waals surface area contributed by atoms with Crippen molar-refractivity contribution in [3.05, 3.63) is 81.6 Å². The van der Waals surface area contributed by atoms with Crippen LogP contribution in [0, 0.1) is 11.8 Å². The first-order valence-electron chi connectivity index (χ1n) is 13.2. The maximum Gasteiger partial charge on any atom is 0.255 e. The van der Waals surface area contributed by atoms with Crippen LogP contribution in [0.3, 0.4) is 0 Å². The van der Waals surface area contributed by atoms with E-state index in [1.165, 1.54) is 16.2 Å². The number of ketones is 2. The van der Waals surface area contributed by atoms with E-state index in [4.69, 9.17) is 5.73 Å². The number of carbonyl (C=O) groups excluding carboxylic acids is 3. The number of aliphatic hydroxyl groups excluding tert-OH is 2. The van der Waals surface area contributed by atoms with Crippen LogP contribution in [0.15, 0.2) is 70.5 Å². The highest BCUT2D eigenvalue weighted by atomic mass is 32.1. The van der Waals surface area contributed by atoms with Crippen molar-refractivity contribution < 1.29 is 34.8 Å². The molecule has 0 saturated heterocycles. The van der Waals surface area contributed by atoms with Gasteiger partial charge in [0, 0.05) is 22.4 Å². The molecule has 11 nitrogen and oxygen atoms in total. The molecule has 0 saturated carbocycles. The lowest BCUT2D eigenvalue weighted by Gasteiger charge is -2.50. The van der Waals surface area contributed by atoms with E-state index in [-0.39, 0.29) is 35.4 Å². The second-order valence-corrected chi connectivity index (χ2v) is 11.8. The monoisotopic (exact) mass is 588 g/mol. The van der Waals surface area contributed by atoms with Crippen LogP contribution < -0.4 is 11.1 Å². The van der Waals surface area contributed by atoms with Gasteiger partial charge in [-0.1, -0.05) is 36.4 Å². The van der Waals surface area contributed by atoms with Gasteiger partial charge in [0.1, 0.15) is 17.1 Å². The van der Waals surface area contributed by atoms with E-state index in [0.29, 0.717) is 10.7 Å². The van der Waals surface area contributed by atoms with Gasteiger partial charge in [-0.05, 0) is 44.5 Å². The normalized spacial score (nSPS) is 25.3. The summed E-state index contributed by atoms with van der Waals surface area (Å²) >= 11 is 1.32. The summed E-state index contributed by atoms with van der Waals surface area (Å²) in [7, 11) is 3.18. The number of primary amides is 1. The third-order valence-corrected chi connectivity index (χ3v) is 9.17. The first-order chi connectivity index (χ1) is 19.9. The van der Waals surface area contributed by atoms with Crippen LogP contribution in [-0.2, 0) is 16.0 Å². The topological polar surface area (TPSA) is 186 Å². The van der Waals surface area contributed by atoms with Gasteiger partial charge >= 0.3 is 0 Å². The highest BCUT2D eigenvalue weighted by molar-refractivity contribution is 7.14. The molecule has 4 atom stereocenters. The summed E-state index contributed by atoms with van der Waals surface area (Å²) in [5.41, 5.74) is 3.99. The molecule has 42 heavy (non-hydrogen) atoms. The third-order valence-electron chi connectivity index (χ3n) is 8.41. The van der Waals surface area contributed by atoms with Crippen molar-refractivity contribution in [1.82, 2.24) is 9.88 Å². The minimum atomic E-state index is -2.68. The second kappa shape index (κ2) is 9.79. The predicted octanol–water partition coefficient (Wildman–Crippen LogP) is 2.99. The van der Waals surface area contributed by atoms with Gasteiger partial charge < -0.3 is 31.5 Å². The van der Waals surface area contributed by atoms with E-state index < -0.39 is 58.0 Å². The third kappa shape index (κ3) is 3.94. The van der Waals surface area contributed by atoms with E-state index in [9.17, 15) is 34.8 Å². The minimum Gasteiger partial charge on any atom is -0.510 e. The molecule has 3 aliphatic carbocycles. The minimum absolute atomic E-state index is 0.0356. The number of phenols is 1. The van der Waals surface area contributed by atoms with Crippen LogP contribution in [-0.4, -0.2) is 73.5 Å². The SMILES string of the molecule is CN(C)[C@H]1C(O)=C(C(N)=O)C(=O)[C@]2(O)C(O)=C3C(=O)c4c(ccc(Nc5nc(-c6ccccc6)cs5)c4O)C[C@H]3C[C@@H]12. The Labute approximate surface area is 244 Å². The highest BCUT2D eigenvalue weighted by Crippen LogP contribution is 2.52. The number of nitrogens with one attached hydrogen (secondary N) is 1. The second-order valence-electron chi connectivity index (χ2n) is 11.0. The Morgan fingerprint density at radius 1 is 1.12 bits per heavy atom. The highest BCUT2D eigenvalue weighted by Gasteiger charge is 2.63. The molecule has 3 aliphatic rings. The number of phenolic OH excluding ortho intramolecular Hbond substituents is 1. The van der Waals surface area contributed by atoms with Gasteiger partial charge in [0.05, 0.1) is 23.0 Å². The summed E-state index contributed by atoms with van der Waals surface area (Å²) in [4.78, 5) is 45.5. The van der Waals surface area contributed by atoms with Gasteiger partial charge in [-0.15, -0.1) is 11.3 Å². The van der Waals surface area contributed by atoms with Crippen molar-refractivity contribution in [2.75, 3.05) is 19.4 Å². The number of amides is 1. The number of aromatic hydroxyl groups is 1. The summed E-state index contributed by atoms with van der Waals surface area (Å²) in [5, 5.41) is 50.6. The van der Waals surface area contributed by atoms with Crippen molar-refractivity contribution in [1.29, 1.82) is 0 Å². The number of benzene rings is 2. The Morgan fingerprint density at radius 3 is 2.50 bits per heavy atom. The molecule has 2 aromatic carbocycles. The van der Waals surface area contributed by atoms with Crippen molar-refractivity contribution in [3.8, 4) is 17.0 Å². The molecule has 7 N–H and O–H groups in total. The fourth-order valence-corrected chi connectivity index (χ4v) is 7.25. The Bertz CT molecular complexity index is 1730. The molecule has 3 aromatic rings. The van der Waals surface area contributed by atoms with Crippen molar-refractivity contribution in [3.63, 3.8) is 0 Å². The van der Waals surface area contributed by atoms with Crippen LogP contribution in [0.1, 0.15) is 22.3 Å². The zero-order chi connectivity index (χ0) is 30.1. The van der Waals surface area contributed by atoms with Crippen molar-refractivity contribution in [2.45, 2.75) is 24.5 Å². The molecule has 0 unspecified atom stereocenters. The van der Waals surface area contributed by atoms with Crippen LogP contribution in [0.2, 0.25) is 0 Å². The number of allylic oxidation sites excluding steroid dienone is 1. The van der Waals surface area contributed by atoms with E-state index >= 15 is 0 Å². The molecule has 0 aliphatic heterocycles. The van der Waals surface area contributed by atoms with E-state index in [0.717, 1.165) is 11.3 Å². The molecule has 1 aromatic heterocycles. The van der Waals surface area contributed by atoms with Gasteiger partial charge in [-0.25, -0.2) is 4.98 Å². The molecular formula is C30H28N4O7S. The number of aliphatic hydroxyl groups is 3. The van der Waals surface area contributed by atoms with Crippen LogP contribution in [0.4, 0.5) is 10.8 Å². The van der Waals surface area contributed by atoms with Gasteiger partial charge in [0.15, 0.2) is 22.3 Å². The van der Waals surface area contributed by atoms with Crippen LogP contribution >= 0.6 is 11.3 Å².